The standard InChI is InChI=1S/C26H36N2O4/c1-6-15-27-26(30)23(7-2)28(17-20-11-10-12-21(16-20)31-5)25(29)18-32-24-14-9-8-13-22(24)19(3)4/h8-14,16,19,23H,6-7,15,17-18H2,1-5H3,(H,27,30)/t23-/m0/s1. The molecule has 0 aliphatic heterocycles. The van der Waals surface area contributed by atoms with E-state index in [1.807, 2.05) is 62.4 Å². The van der Waals surface area contributed by atoms with Gasteiger partial charge in [0.1, 0.15) is 17.5 Å². The van der Waals surface area contributed by atoms with Gasteiger partial charge < -0.3 is 19.7 Å². The summed E-state index contributed by atoms with van der Waals surface area (Å²) in [6.45, 7) is 8.83. The fraction of sp³-hybridized carbons (Fsp3) is 0.462. The largest absolute Gasteiger partial charge is 0.497 e. The van der Waals surface area contributed by atoms with Gasteiger partial charge in [0.05, 0.1) is 7.11 Å². The van der Waals surface area contributed by atoms with E-state index in [1.54, 1.807) is 12.0 Å². The number of methoxy groups -OCH3 is 1. The van der Waals surface area contributed by atoms with Crippen LogP contribution < -0.4 is 14.8 Å². The molecule has 0 bridgehead atoms. The van der Waals surface area contributed by atoms with E-state index in [0.29, 0.717) is 31.0 Å². The van der Waals surface area contributed by atoms with Gasteiger partial charge in [0.25, 0.3) is 5.91 Å². The van der Waals surface area contributed by atoms with E-state index in [0.717, 1.165) is 17.5 Å². The SMILES string of the molecule is CCCNC(=O)[C@H](CC)N(Cc1cccc(OC)c1)C(=O)COc1ccccc1C(C)C. The molecule has 0 aromatic heterocycles. The third kappa shape index (κ3) is 7.01. The molecule has 32 heavy (non-hydrogen) atoms. The molecule has 1 atom stereocenters. The lowest BCUT2D eigenvalue weighted by Gasteiger charge is -2.30. The third-order valence-electron chi connectivity index (χ3n) is 5.31. The zero-order valence-corrected chi connectivity index (χ0v) is 19.9. The summed E-state index contributed by atoms with van der Waals surface area (Å²) in [4.78, 5) is 27.8. The Balaban J connectivity index is 2.25. The fourth-order valence-corrected chi connectivity index (χ4v) is 3.56. The minimum Gasteiger partial charge on any atom is -0.497 e. The van der Waals surface area contributed by atoms with Crippen LogP contribution in [0.5, 0.6) is 11.5 Å². The van der Waals surface area contributed by atoms with E-state index in [4.69, 9.17) is 9.47 Å². The van der Waals surface area contributed by atoms with Crippen LogP contribution in [-0.4, -0.2) is 43.0 Å². The van der Waals surface area contributed by atoms with Crippen LogP contribution in [0.25, 0.3) is 0 Å². The van der Waals surface area contributed by atoms with Crippen molar-refractivity contribution in [2.45, 2.75) is 59.0 Å². The Morgan fingerprint density at radius 3 is 2.47 bits per heavy atom. The summed E-state index contributed by atoms with van der Waals surface area (Å²) in [5.74, 6) is 1.30. The highest BCUT2D eigenvalue weighted by molar-refractivity contribution is 5.88. The molecule has 1 N–H and O–H groups in total. The van der Waals surface area contributed by atoms with Gasteiger partial charge in [-0.15, -0.1) is 0 Å². The van der Waals surface area contributed by atoms with E-state index in [9.17, 15) is 9.59 Å². The molecule has 2 amide bonds. The van der Waals surface area contributed by atoms with Crippen molar-refractivity contribution in [2.75, 3.05) is 20.3 Å². The lowest BCUT2D eigenvalue weighted by Crippen LogP contribution is -2.50. The summed E-state index contributed by atoms with van der Waals surface area (Å²) >= 11 is 0. The number of nitrogens with one attached hydrogen (secondary N) is 1. The topological polar surface area (TPSA) is 67.9 Å². The maximum Gasteiger partial charge on any atom is 0.261 e. The number of rotatable bonds is 12. The summed E-state index contributed by atoms with van der Waals surface area (Å²) in [7, 11) is 1.61. The number of carbonyl (C=O) groups is 2. The monoisotopic (exact) mass is 440 g/mol. The fourth-order valence-electron chi connectivity index (χ4n) is 3.56. The predicted octanol–water partition coefficient (Wildman–Crippen LogP) is 4.53. The van der Waals surface area contributed by atoms with E-state index < -0.39 is 6.04 Å². The first-order chi connectivity index (χ1) is 15.4. The Labute approximate surface area is 191 Å². The molecule has 6 nitrogen and oxygen atoms in total. The number of nitrogens with zero attached hydrogens (tertiary/aromatic N) is 1. The zero-order chi connectivity index (χ0) is 23.5. The summed E-state index contributed by atoms with van der Waals surface area (Å²) in [6, 6.07) is 14.7. The molecular formula is C26H36N2O4. The van der Waals surface area contributed by atoms with Crippen molar-refractivity contribution in [2.24, 2.45) is 0 Å². The highest BCUT2D eigenvalue weighted by atomic mass is 16.5. The first kappa shape index (κ1) is 25.2. The van der Waals surface area contributed by atoms with Crippen LogP contribution in [0.4, 0.5) is 0 Å². The smallest absolute Gasteiger partial charge is 0.261 e. The quantitative estimate of drug-likeness (QED) is 0.526. The molecule has 2 aromatic carbocycles. The molecule has 2 rings (SSSR count). The lowest BCUT2D eigenvalue weighted by molar-refractivity contribution is -0.143. The minimum absolute atomic E-state index is 0.134. The molecule has 0 fully saturated rings. The Hall–Kier alpha value is -3.02. The maximum atomic E-state index is 13.3. The molecule has 0 aliphatic rings. The van der Waals surface area contributed by atoms with Crippen molar-refractivity contribution in [1.82, 2.24) is 10.2 Å². The van der Waals surface area contributed by atoms with Gasteiger partial charge in [-0.2, -0.15) is 0 Å². The van der Waals surface area contributed by atoms with Crippen molar-refractivity contribution in [3.63, 3.8) is 0 Å². The molecule has 0 radical (unpaired) electrons. The van der Waals surface area contributed by atoms with Crippen LogP contribution in [0.15, 0.2) is 48.5 Å². The molecule has 0 aliphatic carbocycles. The predicted molar refractivity (Wildman–Crippen MR) is 127 cm³/mol. The zero-order valence-electron chi connectivity index (χ0n) is 19.9. The molecule has 2 aromatic rings. The Kier molecular flexibility index (Phi) is 10.1. The van der Waals surface area contributed by atoms with Gasteiger partial charge in [-0.1, -0.05) is 58.0 Å². The van der Waals surface area contributed by atoms with Gasteiger partial charge in [0.15, 0.2) is 6.61 Å². The number of benzene rings is 2. The van der Waals surface area contributed by atoms with Crippen LogP contribution in [0, 0.1) is 0 Å². The van der Waals surface area contributed by atoms with Crippen LogP contribution in [0.2, 0.25) is 0 Å². The lowest BCUT2D eigenvalue weighted by atomic mass is 10.0. The number of para-hydroxylation sites is 1. The highest BCUT2D eigenvalue weighted by Crippen LogP contribution is 2.26. The van der Waals surface area contributed by atoms with Crippen LogP contribution >= 0.6 is 0 Å². The summed E-state index contributed by atoms with van der Waals surface area (Å²) < 4.78 is 11.2. The van der Waals surface area contributed by atoms with Crippen molar-refractivity contribution < 1.29 is 19.1 Å². The second-order valence-electron chi connectivity index (χ2n) is 8.07. The van der Waals surface area contributed by atoms with E-state index >= 15 is 0 Å². The summed E-state index contributed by atoms with van der Waals surface area (Å²) in [6.07, 6.45) is 1.34. The second kappa shape index (κ2) is 12.7. The van der Waals surface area contributed by atoms with E-state index in [-0.39, 0.29) is 24.3 Å². The highest BCUT2D eigenvalue weighted by Gasteiger charge is 2.29. The number of carbonyl (C=O) groups excluding carboxylic acids is 2. The average molecular weight is 441 g/mol. The van der Waals surface area contributed by atoms with Crippen molar-refractivity contribution >= 4 is 11.8 Å². The van der Waals surface area contributed by atoms with Crippen molar-refractivity contribution in [3.8, 4) is 11.5 Å². The first-order valence-corrected chi connectivity index (χ1v) is 11.3. The van der Waals surface area contributed by atoms with E-state index in [2.05, 4.69) is 19.2 Å². The average Bonchev–Trinajstić information content (AvgIpc) is 2.81. The third-order valence-corrected chi connectivity index (χ3v) is 5.31. The first-order valence-electron chi connectivity index (χ1n) is 11.3. The second-order valence-corrected chi connectivity index (χ2v) is 8.07. The van der Waals surface area contributed by atoms with Crippen LogP contribution in [0.1, 0.15) is 57.6 Å². The number of ether oxygens (including phenoxy) is 2. The molecule has 0 heterocycles. The molecule has 0 spiro atoms. The van der Waals surface area contributed by atoms with Gasteiger partial charge in [-0.3, -0.25) is 9.59 Å². The molecule has 6 heteroatoms. The summed E-state index contributed by atoms with van der Waals surface area (Å²) in [5.41, 5.74) is 1.94. The van der Waals surface area contributed by atoms with Gasteiger partial charge in [-0.05, 0) is 48.1 Å². The molecule has 0 unspecified atom stereocenters. The molecular weight excluding hydrogens is 404 g/mol. The number of hydrogen-bond donors (Lipinski definition) is 1. The summed E-state index contributed by atoms with van der Waals surface area (Å²) in [5, 5.41) is 2.93. The maximum absolute atomic E-state index is 13.3. The molecule has 174 valence electrons. The van der Waals surface area contributed by atoms with Crippen LogP contribution in [-0.2, 0) is 16.1 Å². The van der Waals surface area contributed by atoms with Gasteiger partial charge in [-0.25, -0.2) is 0 Å². The van der Waals surface area contributed by atoms with Crippen molar-refractivity contribution in [1.29, 1.82) is 0 Å². The van der Waals surface area contributed by atoms with Crippen LogP contribution in [0.3, 0.4) is 0 Å². The number of amides is 2. The Bertz CT molecular complexity index is 882. The Morgan fingerprint density at radius 2 is 1.81 bits per heavy atom. The number of hydrogen-bond acceptors (Lipinski definition) is 4. The normalized spacial score (nSPS) is 11.7. The molecule has 0 saturated carbocycles. The molecule has 0 saturated heterocycles. The minimum atomic E-state index is -0.579. The van der Waals surface area contributed by atoms with Gasteiger partial charge >= 0.3 is 0 Å². The Morgan fingerprint density at radius 1 is 1.06 bits per heavy atom. The van der Waals surface area contributed by atoms with E-state index in [1.165, 1.54) is 0 Å². The van der Waals surface area contributed by atoms with Crippen molar-refractivity contribution in [3.05, 3.63) is 59.7 Å². The van der Waals surface area contributed by atoms with Gasteiger partial charge in [0.2, 0.25) is 5.91 Å². The van der Waals surface area contributed by atoms with Gasteiger partial charge in [0, 0.05) is 13.1 Å².